The minimum Gasteiger partial charge on any atom is -0.388 e. The van der Waals surface area contributed by atoms with Crippen LogP contribution in [0.15, 0.2) is 24.3 Å². The molecular formula is C13H13ClN4S. The van der Waals surface area contributed by atoms with Crippen molar-refractivity contribution in [2.75, 3.05) is 5.32 Å². The van der Waals surface area contributed by atoms with Gasteiger partial charge in [-0.15, -0.1) is 0 Å². The first-order chi connectivity index (χ1) is 8.95. The highest BCUT2D eigenvalue weighted by Gasteiger charge is 2.06. The van der Waals surface area contributed by atoms with Crippen molar-refractivity contribution in [2.24, 2.45) is 5.73 Å². The molecule has 0 spiro atoms. The lowest BCUT2D eigenvalue weighted by atomic mass is 10.2. The second kappa shape index (κ2) is 5.50. The second-order valence-electron chi connectivity index (χ2n) is 4.17. The van der Waals surface area contributed by atoms with E-state index in [1.807, 2.05) is 32.0 Å². The smallest absolute Gasteiger partial charge is 0.228 e. The van der Waals surface area contributed by atoms with Gasteiger partial charge in [0.15, 0.2) is 0 Å². The van der Waals surface area contributed by atoms with Crippen LogP contribution in [0.4, 0.5) is 11.6 Å². The first-order valence-corrected chi connectivity index (χ1v) is 6.43. The van der Waals surface area contributed by atoms with Crippen LogP contribution in [0.25, 0.3) is 0 Å². The van der Waals surface area contributed by atoms with Crippen molar-refractivity contribution in [1.82, 2.24) is 9.97 Å². The fraction of sp³-hybridized carbons (Fsp3) is 0.154. The summed E-state index contributed by atoms with van der Waals surface area (Å²) in [5.74, 6) is 0.452. The number of thiocarbonyl (C=S) groups is 1. The Morgan fingerprint density at radius 3 is 2.68 bits per heavy atom. The third-order valence-electron chi connectivity index (χ3n) is 2.55. The van der Waals surface area contributed by atoms with Gasteiger partial charge in [-0.05, 0) is 37.6 Å². The van der Waals surface area contributed by atoms with Crippen molar-refractivity contribution < 1.29 is 0 Å². The zero-order chi connectivity index (χ0) is 14.0. The third-order valence-corrected chi connectivity index (χ3v) is 3.00. The van der Waals surface area contributed by atoms with Gasteiger partial charge >= 0.3 is 0 Å². The van der Waals surface area contributed by atoms with Gasteiger partial charge in [-0.1, -0.05) is 29.9 Å². The minimum atomic E-state index is 0.247. The average Bonchev–Trinajstić information content (AvgIpc) is 2.33. The molecule has 0 bridgehead atoms. The van der Waals surface area contributed by atoms with Gasteiger partial charge in [-0.3, -0.25) is 0 Å². The van der Waals surface area contributed by atoms with Crippen LogP contribution in [-0.4, -0.2) is 15.0 Å². The first-order valence-electron chi connectivity index (χ1n) is 5.64. The average molecular weight is 293 g/mol. The molecule has 0 atom stereocenters. The number of hydrogen-bond acceptors (Lipinski definition) is 4. The lowest BCUT2D eigenvalue weighted by molar-refractivity contribution is 1.09. The molecule has 19 heavy (non-hydrogen) atoms. The maximum Gasteiger partial charge on any atom is 0.228 e. The number of nitrogens with one attached hydrogen (secondary N) is 1. The Balaban J connectivity index is 2.38. The quantitative estimate of drug-likeness (QED) is 0.851. The summed E-state index contributed by atoms with van der Waals surface area (Å²) < 4.78 is 0. The molecule has 0 radical (unpaired) electrons. The van der Waals surface area contributed by atoms with Gasteiger partial charge in [0, 0.05) is 16.4 Å². The van der Waals surface area contributed by atoms with E-state index in [4.69, 9.17) is 29.6 Å². The molecule has 0 aliphatic rings. The number of rotatable bonds is 3. The predicted molar refractivity (Wildman–Crippen MR) is 82.1 cm³/mol. The Morgan fingerprint density at radius 1 is 1.26 bits per heavy atom. The molecule has 0 amide bonds. The van der Waals surface area contributed by atoms with E-state index in [0.717, 1.165) is 16.9 Å². The van der Waals surface area contributed by atoms with E-state index < -0.39 is 0 Å². The van der Waals surface area contributed by atoms with Gasteiger partial charge in [0.05, 0.1) is 0 Å². The first kappa shape index (κ1) is 13.7. The van der Waals surface area contributed by atoms with Gasteiger partial charge in [-0.2, -0.15) is 0 Å². The maximum atomic E-state index is 5.97. The number of benzene rings is 1. The zero-order valence-electron chi connectivity index (χ0n) is 10.6. The summed E-state index contributed by atoms with van der Waals surface area (Å²) in [5, 5.41) is 3.78. The molecule has 4 nitrogen and oxygen atoms in total. The lowest BCUT2D eigenvalue weighted by Gasteiger charge is -2.10. The highest BCUT2D eigenvalue weighted by molar-refractivity contribution is 7.80. The fourth-order valence-electron chi connectivity index (χ4n) is 1.60. The molecular weight excluding hydrogens is 280 g/mol. The summed E-state index contributed by atoms with van der Waals surface area (Å²) in [6.45, 7) is 3.84. The van der Waals surface area contributed by atoms with E-state index in [2.05, 4.69) is 15.3 Å². The van der Waals surface area contributed by atoms with Gasteiger partial charge < -0.3 is 11.1 Å². The molecule has 0 saturated heterocycles. The standard InChI is InChI=1S/C13H13ClN4S/c1-7-3-4-9(14)6-10(7)17-13-16-8(2)5-11(18-13)12(15)19/h3-6H,1-2H3,(H2,15,19)(H,16,17,18). The molecule has 0 fully saturated rings. The van der Waals surface area contributed by atoms with E-state index in [-0.39, 0.29) is 4.99 Å². The van der Waals surface area contributed by atoms with Gasteiger partial charge in [0.25, 0.3) is 0 Å². The number of aromatic nitrogens is 2. The molecule has 0 aliphatic heterocycles. The topological polar surface area (TPSA) is 63.8 Å². The SMILES string of the molecule is Cc1cc(C(N)=S)nc(Nc2cc(Cl)ccc2C)n1. The van der Waals surface area contributed by atoms with Crippen LogP contribution in [0.1, 0.15) is 17.0 Å². The molecule has 1 heterocycles. The second-order valence-corrected chi connectivity index (χ2v) is 5.04. The van der Waals surface area contributed by atoms with Crippen molar-refractivity contribution in [3.63, 3.8) is 0 Å². The zero-order valence-corrected chi connectivity index (χ0v) is 12.1. The Hall–Kier alpha value is -1.72. The van der Waals surface area contributed by atoms with Crippen LogP contribution in [0, 0.1) is 13.8 Å². The summed E-state index contributed by atoms with van der Waals surface area (Å²) in [6, 6.07) is 7.33. The number of hydrogen-bond donors (Lipinski definition) is 2. The maximum absolute atomic E-state index is 5.97. The highest BCUT2D eigenvalue weighted by Crippen LogP contribution is 2.22. The van der Waals surface area contributed by atoms with Crippen molar-refractivity contribution >= 4 is 40.4 Å². The number of nitrogens with zero attached hydrogens (tertiary/aromatic N) is 2. The van der Waals surface area contributed by atoms with E-state index >= 15 is 0 Å². The van der Waals surface area contributed by atoms with Crippen molar-refractivity contribution in [2.45, 2.75) is 13.8 Å². The van der Waals surface area contributed by atoms with Crippen LogP contribution >= 0.6 is 23.8 Å². The van der Waals surface area contributed by atoms with Crippen LogP contribution in [0.3, 0.4) is 0 Å². The summed E-state index contributed by atoms with van der Waals surface area (Å²) in [5.41, 5.74) is 8.83. The highest BCUT2D eigenvalue weighted by atomic mass is 35.5. The van der Waals surface area contributed by atoms with Crippen LogP contribution in [0.2, 0.25) is 5.02 Å². The summed E-state index contributed by atoms with van der Waals surface area (Å²) in [6.07, 6.45) is 0. The predicted octanol–water partition coefficient (Wildman–Crippen LogP) is 3.12. The fourth-order valence-corrected chi connectivity index (χ4v) is 1.88. The van der Waals surface area contributed by atoms with Gasteiger partial charge in [0.1, 0.15) is 10.7 Å². The molecule has 0 aliphatic carbocycles. The van der Waals surface area contributed by atoms with Crippen LogP contribution in [0.5, 0.6) is 0 Å². The molecule has 2 rings (SSSR count). The summed E-state index contributed by atoms with van der Waals surface area (Å²) >= 11 is 10.9. The van der Waals surface area contributed by atoms with Gasteiger partial charge in [-0.25, -0.2) is 9.97 Å². The van der Waals surface area contributed by atoms with Crippen LogP contribution < -0.4 is 11.1 Å². The largest absolute Gasteiger partial charge is 0.388 e. The Labute approximate surface area is 122 Å². The van der Waals surface area contributed by atoms with Gasteiger partial charge in [0.2, 0.25) is 5.95 Å². The monoisotopic (exact) mass is 292 g/mol. The van der Waals surface area contributed by atoms with E-state index in [1.54, 1.807) is 6.07 Å². The normalized spacial score (nSPS) is 10.3. The van der Waals surface area contributed by atoms with E-state index in [0.29, 0.717) is 16.7 Å². The third kappa shape index (κ3) is 3.39. The number of aryl methyl sites for hydroxylation is 2. The summed E-state index contributed by atoms with van der Waals surface area (Å²) in [7, 11) is 0. The number of halogens is 1. The molecule has 2 aromatic rings. The van der Waals surface area contributed by atoms with Crippen molar-refractivity contribution in [3.05, 3.63) is 46.2 Å². The summed E-state index contributed by atoms with van der Waals surface area (Å²) in [4.78, 5) is 8.82. The number of nitrogens with two attached hydrogens (primary N) is 1. The minimum absolute atomic E-state index is 0.247. The molecule has 3 N–H and O–H groups in total. The molecule has 6 heteroatoms. The molecule has 1 aromatic heterocycles. The van der Waals surface area contributed by atoms with E-state index in [1.165, 1.54) is 0 Å². The van der Waals surface area contributed by atoms with Crippen LogP contribution in [-0.2, 0) is 0 Å². The van der Waals surface area contributed by atoms with E-state index in [9.17, 15) is 0 Å². The molecule has 0 unspecified atom stereocenters. The molecule has 98 valence electrons. The lowest BCUT2D eigenvalue weighted by Crippen LogP contribution is -2.14. The molecule has 0 saturated carbocycles. The van der Waals surface area contributed by atoms with Crippen molar-refractivity contribution in [1.29, 1.82) is 0 Å². The molecule has 1 aromatic carbocycles. The Bertz CT molecular complexity index is 643. The Kier molecular flexibility index (Phi) is 3.97. The number of anilines is 2. The van der Waals surface area contributed by atoms with Crippen molar-refractivity contribution in [3.8, 4) is 0 Å². The Morgan fingerprint density at radius 2 is 2.00 bits per heavy atom.